The summed E-state index contributed by atoms with van der Waals surface area (Å²) in [5.41, 5.74) is 0.980. The molecule has 1 unspecified atom stereocenters. The molecule has 1 saturated heterocycles. The number of benzene rings is 1. The molecule has 1 N–H and O–H groups in total. The first kappa shape index (κ1) is 19.4. The minimum atomic E-state index is -0.137. The van der Waals surface area contributed by atoms with Gasteiger partial charge in [0.1, 0.15) is 0 Å². The van der Waals surface area contributed by atoms with E-state index < -0.39 is 0 Å². The second-order valence-corrected chi connectivity index (χ2v) is 7.53. The molecule has 29 heavy (non-hydrogen) atoms. The maximum Gasteiger partial charge on any atom is 0.289 e. The van der Waals surface area contributed by atoms with Crippen molar-refractivity contribution in [3.8, 4) is 11.5 Å². The van der Waals surface area contributed by atoms with Crippen molar-refractivity contribution in [1.82, 2.24) is 10.2 Å². The summed E-state index contributed by atoms with van der Waals surface area (Å²) in [4.78, 5) is 26.8. The Bertz CT molecular complexity index is 856. The van der Waals surface area contributed by atoms with Gasteiger partial charge in [0.2, 0.25) is 5.91 Å². The summed E-state index contributed by atoms with van der Waals surface area (Å²) < 4.78 is 16.6. The number of likely N-dealkylation sites (tertiary alicyclic amines) is 1. The van der Waals surface area contributed by atoms with Gasteiger partial charge in [-0.2, -0.15) is 0 Å². The molecule has 2 aliphatic rings. The van der Waals surface area contributed by atoms with Crippen LogP contribution in [0.15, 0.2) is 41.0 Å². The third-order valence-electron chi connectivity index (χ3n) is 5.52. The summed E-state index contributed by atoms with van der Waals surface area (Å²) >= 11 is 0. The van der Waals surface area contributed by atoms with Crippen molar-refractivity contribution >= 4 is 11.8 Å². The van der Waals surface area contributed by atoms with Crippen LogP contribution in [0.1, 0.15) is 48.3 Å². The number of hydrogen-bond acceptors (Lipinski definition) is 5. The lowest BCUT2D eigenvalue weighted by Crippen LogP contribution is -2.43. The van der Waals surface area contributed by atoms with Gasteiger partial charge >= 0.3 is 0 Å². The second-order valence-electron chi connectivity index (χ2n) is 7.53. The van der Waals surface area contributed by atoms with Gasteiger partial charge in [0.25, 0.3) is 5.91 Å². The molecular weight excluding hydrogens is 372 g/mol. The molecule has 1 fully saturated rings. The maximum absolute atomic E-state index is 12.7. The average molecular weight is 398 g/mol. The summed E-state index contributed by atoms with van der Waals surface area (Å²) in [5, 5.41) is 3.10. The molecular formula is C22H26N2O5. The predicted molar refractivity (Wildman–Crippen MR) is 106 cm³/mol. The molecule has 2 aliphatic heterocycles. The van der Waals surface area contributed by atoms with E-state index in [9.17, 15) is 9.59 Å². The van der Waals surface area contributed by atoms with Crippen molar-refractivity contribution in [3.63, 3.8) is 0 Å². The van der Waals surface area contributed by atoms with Gasteiger partial charge in [0, 0.05) is 25.4 Å². The fourth-order valence-electron chi connectivity index (χ4n) is 3.76. The summed E-state index contributed by atoms with van der Waals surface area (Å²) in [6.45, 7) is 4.35. The molecule has 154 valence electrons. The van der Waals surface area contributed by atoms with Gasteiger partial charge < -0.3 is 24.1 Å². The lowest BCUT2D eigenvalue weighted by atomic mass is 9.95. The topological polar surface area (TPSA) is 81.0 Å². The fourth-order valence-corrected chi connectivity index (χ4v) is 3.76. The highest BCUT2D eigenvalue weighted by Gasteiger charge is 2.29. The summed E-state index contributed by atoms with van der Waals surface area (Å²) in [6.07, 6.45) is 3.64. The van der Waals surface area contributed by atoms with Crippen molar-refractivity contribution in [1.29, 1.82) is 0 Å². The molecule has 0 saturated carbocycles. The van der Waals surface area contributed by atoms with Crippen molar-refractivity contribution in [2.45, 2.75) is 32.2 Å². The van der Waals surface area contributed by atoms with Crippen LogP contribution in [0.2, 0.25) is 0 Å². The standard InChI is InChI=1S/C22H26N2O5/c1-15(17-5-6-18-20(14-17)29-13-3-12-27-18)23-21(25)16-7-9-24(10-8-16)22(26)19-4-2-11-28-19/h2,4-6,11,14-16H,3,7-10,12-13H2,1H3,(H,23,25). The monoisotopic (exact) mass is 398 g/mol. The zero-order valence-electron chi connectivity index (χ0n) is 16.6. The Labute approximate surface area is 170 Å². The third kappa shape index (κ3) is 4.39. The number of rotatable bonds is 4. The van der Waals surface area contributed by atoms with Crippen LogP contribution >= 0.6 is 0 Å². The first-order valence-electron chi connectivity index (χ1n) is 10.1. The number of nitrogens with zero attached hydrogens (tertiary/aromatic N) is 1. The molecule has 2 aromatic rings. The third-order valence-corrected chi connectivity index (χ3v) is 5.52. The summed E-state index contributed by atoms with van der Waals surface area (Å²) in [6, 6.07) is 9.03. The quantitative estimate of drug-likeness (QED) is 0.856. The van der Waals surface area contributed by atoms with Crippen molar-refractivity contribution in [2.24, 2.45) is 5.92 Å². The zero-order valence-corrected chi connectivity index (χ0v) is 16.6. The minimum absolute atomic E-state index is 0.0229. The molecule has 0 aliphatic carbocycles. The number of furan rings is 1. The molecule has 1 atom stereocenters. The van der Waals surface area contributed by atoms with E-state index in [0.717, 1.165) is 23.5 Å². The van der Waals surface area contributed by atoms with Crippen LogP contribution in [0.25, 0.3) is 0 Å². The molecule has 7 nitrogen and oxygen atoms in total. The highest BCUT2D eigenvalue weighted by atomic mass is 16.5. The van der Waals surface area contributed by atoms with E-state index in [1.165, 1.54) is 6.26 Å². The number of carbonyl (C=O) groups is 2. The van der Waals surface area contributed by atoms with E-state index >= 15 is 0 Å². The normalized spacial score (nSPS) is 18.0. The van der Waals surface area contributed by atoms with E-state index in [2.05, 4.69) is 5.32 Å². The number of fused-ring (bicyclic) bond motifs is 1. The maximum atomic E-state index is 12.7. The summed E-state index contributed by atoms with van der Waals surface area (Å²) in [5.74, 6) is 1.63. The smallest absolute Gasteiger partial charge is 0.289 e. The molecule has 7 heteroatoms. The van der Waals surface area contributed by atoms with Crippen LogP contribution in [0.4, 0.5) is 0 Å². The average Bonchev–Trinajstić information content (AvgIpc) is 3.18. The van der Waals surface area contributed by atoms with Crippen LogP contribution in [0.3, 0.4) is 0 Å². The van der Waals surface area contributed by atoms with Gasteiger partial charge in [0.05, 0.1) is 25.5 Å². The number of ether oxygens (including phenoxy) is 2. The van der Waals surface area contributed by atoms with E-state index in [0.29, 0.717) is 44.9 Å². The Hall–Kier alpha value is -2.96. The number of hydrogen-bond donors (Lipinski definition) is 1. The minimum Gasteiger partial charge on any atom is -0.490 e. The largest absolute Gasteiger partial charge is 0.490 e. The van der Waals surface area contributed by atoms with Crippen LogP contribution in [-0.2, 0) is 4.79 Å². The summed E-state index contributed by atoms with van der Waals surface area (Å²) in [7, 11) is 0. The lowest BCUT2D eigenvalue weighted by Gasteiger charge is -2.31. The molecule has 0 radical (unpaired) electrons. The molecule has 0 bridgehead atoms. The van der Waals surface area contributed by atoms with Crippen LogP contribution in [0.5, 0.6) is 11.5 Å². The van der Waals surface area contributed by atoms with E-state index in [1.54, 1.807) is 17.0 Å². The number of piperidine rings is 1. The first-order chi connectivity index (χ1) is 14.1. The SMILES string of the molecule is CC(NC(=O)C1CCN(C(=O)c2ccco2)CC1)c1ccc2c(c1)OCCCO2. The first-order valence-corrected chi connectivity index (χ1v) is 10.1. The second kappa shape index (κ2) is 8.59. The zero-order chi connectivity index (χ0) is 20.2. The fraction of sp³-hybridized carbons (Fsp3) is 0.455. The van der Waals surface area contributed by atoms with Gasteiger partial charge in [-0.3, -0.25) is 9.59 Å². The molecule has 1 aromatic heterocycles. The van der Waals surface area contributed by atoms with Crippen molar-refractivity contribution in [2.75, 3.05) is 26.3 Å². The Balaban J connectivity index is 1.32. The predicted octanol–water partition coefficient (Wildman–Crippen LogP) is 3.17. The highest BCUT2D eigenvalue weighted by Crippen LogP contribution is 2.32. The van der Waals surface area contributed by atoms with Crippen LogP contribution < -0.4 is 14.8 Å². The van der Waals surface area contributed by atoms with Crippen molar-refractivity contribution in [3.05, 3.63) is 47.9 Å². The van der Waals surface area contributed by atoms with E-state index in [1.807, 2.05) is 25.1 Å². The van der Waals surface area contributed by atoms with Crippen molar-refractivity contribution < 1.29 is 23.5 Å². The number of nitrogens with one attached hydrogen (secondary N) is 1. The number of carbonyl (C=O) groups excluding carboxylic acids is 2. The number of amides is 2. The Morgan fingerprint density at radius 2 is 1.86 bits per heavy atom. The van der Waals surface area contributed by atoms with E-state index in [4.69, 9.17) is 13.9 Å². The van der Waals surface area contributed by atoms with Crippen LogP contribution in [-0.4, -0.2) is 43.0 Å². The Morgan fingerprint density at radius 1 is 1.10 bits per heavy atom. The van der Waals surface area contributed by atoms with Gasteiger partial charge in [0.15, 0.2) is 17.3 Å². The highest BCUT2D eigenvalue weighted by molar-refractivity contribution is 5.91. The van der Waals surface area contributed by atoms with Gasteiger partial charge in [-0.25, -0.2) is 0 Å². The molecule has 4 rings (SSSR count). The molecule has 0 spiro atoms. The van der Waals surface area contributed by atoms with E-state index in [-0.39, 0.29) is 23.8 Å². The van der Waals surface area contributed by atoms with Gasteiger partial charge in [-0.1, -0.05) is 6.07 Å². The molecule has 3 heterocycles. The van der Waals surface area contributed by atoms with Gasteiger partial charge in [-0.05, 0) is 49.6 Å². The Kier molecular flexibility index (Phi) is 5.74. The van der Waals surface area contributed by atoms with Crippen LogP contribution in [0, 0.1) is 5.92 Å². The molecule has 2 amide bonds. The Morgan fingerprint density at radius 3 is 2.59 bits per heavy atom. The van der Waals surface area contributed by atoms with Gasteiger partial charge in [-0.15, -0.1) is 0 Å². The molecule has 1 aromatic carbocycles. The lowest BCUT2D eigenvalue weighted by molar-refractivity contribution is -0.127.